The van der Waals surface area contributed by atoms with Crippen molar-refractivity contribution < 1.29 is 17.9 Å². The summed E-state index contributed by atoms with van der Waals surface area (Å²) in [4.78, 5) is -0.0736. The molecule has 1 aromatic rings. The van der Waals surface area contributed by atoms with Gasteiger partial charge in [0.2, 0.25) is 10.0 Å². The van der Waals surface area contributed by atoms with E-state index in [1.165, 1.54) is 19.2 Å². The van der Waals surface area contributed by atoms with Crippen LogP contribution >= 0.6 is 23.2 Å². The molecule has 1 fully saturated rings. The van der Waals surface area contributed by atoms with Crippen LogP contribution in [0, 0.1) is 0 Å². The van der Waals surface area contributed by atoms with Crippen molar-refractivity contribution in [2.45, 2.75) is 23.3 Å². The van der Waals surface area contributed by atoms with Crippen LogP contribution in [0.3, 0.4) is 0 Å². The molecule has 0 spiro atoms. The van der Waals surface area contributed by atoms with Crippen LogP contribution in [0.5, 0.6) is 5.75 Å². The average molecular weight is 383 g/mol. The van der Waals surface area contributed by atoms with E-state index in [1.807, 2.05) is 0 Å². The normalized spacial score (nSPS) is 21.6. The third-order valence-electron chi connectivity index (χ3n) is 3.85. The number of hydrogen-bond acceptors (Lipinski definition) is 5. The lowest BCUT2D eigenvalue weighted by Gasteiger charge is -2.29. The van der Waals surface area contributed by atoms with Gasteiger partial charge in [-0.25, -0.2) is 13.1 Å². The SMILES string of the molecule is COCC1(CNS(=O)(=O)c2cc(Cl)c(OC)cc2Cl)CCCN1. The molecule has 6 nitrogen and oxygen atoms in total. The summed E-state index contributed by atoms with van der Waals surface area (Å²) in [6.07, 6.45) is 1.81. The molecule has 0 saturated carbocycles. The average Bonchev–Trinajstić information content (AvgIpc) is 2.96. The van der Waals surface area contributed by atoms with Crippen LogP contribution in [0.2, 0.25) is 10.0 Å². The van der Waals surface area contributed by atoms with E-state index in [1.54, 1.807) is 7.11 Å². The number of ether oxygens (including phenoxy) is 2. The maximum Gasteiger partial charge on any atom is 0.242 e. The monoisotopic (exact) mass is 382 g/mol. The third-order valence-corrected chi connectivity index (χ3v) is 6.01. The Kier molecular flexibility index (Phi) is 6.16. The molecule has 0 amide bonds. The second kappa shape index (κ2) is 7.55. The minimum atomic E-state index is -3.80. The number of sulfonamides is 1. The first kappa shape index (κ1) is 18.8. The van der Waals surface area contributed by atoms with E-state index in [0.29, 0.717) is 12.4 Å². The predicted molar refractivity (Wildman–Crippen MR) is 90.0 cm³/mol. The Labute approximate surface area is 146 Å². The van der Waals surface area contributed by atoms with Gasteiger partial charge in [-0.05, 0) is 25.5 Å². The molecule has 1 saturated heterocycles. The highest BCUT2D eigenvalue weighted by Crippen LogP contribution is 2.33. The summed E-state index contributed by atoms with van der Waals surface area (Å²) in [5.74, 6) is 0.323. The molecular weight excluding hydrogens is 363 g/mol. The summed E-state index contributed by atoms with van der Waals surface area (Å²) in [6.45, 7) is 1.47. The molecule has 0 radical (unpaired) electrons. The third kappa shape index (κ3) is 4.29. The number of nitrogens with one attached hydrogen (secondary N) is 2. The van der Waals surface area contributed by atoms with E-state index < -0.39 is 15.6 Å². The molecule has 9 heteroatoms. The molecule has 2 N–H and O–H groups in total. The summed E-state index contributed by atoms with van der Waals surface area (Å²) < 4.78 is 37.9. The van der Waals surface area contributed by atoms with Crippen molar-refractivity contribution in [1.29, 1.82) is 0 Å². The zero-order chi connectivity index (χ0) is 17.1. The quantitative estimate of drug-likeness (QED) is 0.754. The first-order chi connectivity index (χ1) is 10.8. The first-order valence-electron chi connectivity index (χ1n) is 7.10. The van der Waals surface area contributed by atoms with E-state index in [2.05, 4.69) is 10.0 Å². The summed E-state index contributed by atoms with van der Waals surface area (Å²) in [5.41, 5.74) is -0.398. The molecule has 1 atom stereocenters. The van der Waals surface area contributed by atoms with Gasteiger partial charge in [0.25, 0.3) is 0 Å². The number of methoxy groups -OCH3 is 2. The molecular formula is C14H20Cl2N2O4S. The Bertz CT molecular complexity index is 661. The molecule has 1 aliphatic rings. The molecule has 23 heavy (non-hydrogen) atoms. The maximum atomic E-state index is 12.5. The number of rotatable bonds is 7. The molecule has 0 aliphatic carbocycles. The molecule has 2 rings (SSSR count). The molecule has 1 aromatic carbocycles. The lowest BCUT2D eigenvalue weighted by atomic mass is 9.99. The van der Waals surface area contributed by atoms with Crippen LogP contribution < -0.4 is 14.8 Å². The van der Waals surface area contributed by atoms with Crippen molar-refractivity contribution in [2.24, 2.45) is 0 Å². The van der Waals surface area contributed by atoms with Gasteiger partial charge in [-0.3, -0.25) is 0 Å². The Morgan fingerprint density at radius 2 is 2.04 bits per heavy atom. The fourth-order valence-electron chi connectivity index (χ4n) is 2.65. The van der Waals surface area contributed by atoms with Gasteiger partial charge >= 0.3 is 0 Å². The lowest BCUT2D eigenvalue weighted by molar-refractivity contribution is 0.122. The number of hydrogen-bond donors (Lipinski definition) is 2. The standard InChI is InChI=1S/C14H20Cl2N2O4S/c1-21-9-14(4-3-5-17-14)8-18-23(19,20)13-7-10(15)12(22-2)6-11(13)16/h6-7,17-18H,3-5,8-9H2,1-2H3. The fraction of sp³-hybridized carbons (Fsp3) is 0.571. The van der Waals surface area contributed by atoms with E-state index in [0.717, 1.165) is 19.4 Å². The molecule has 1 unspecified atom stereocenters. The Hall–Kier alpha value is -0.570. The summed E-state index contributed by atoms with van der Waals surface area (Å²) >= 11 is 12.1. The van der Waals surface area contributed by atoms with Crippen LogP contribution in [0.15, 0.2) is 17.0 Å². The van der Waals surface area contributed by atoms with Gasteiger partial charge in [-0.15, -0.1) is 0 Å². The van der Waals surface area contributed by atoms with E-state index >= 15 is 0 Å². The molecule has 130 valence electrons. The minimum Gasteiger partial charge on any atom is -0.495 e. The second-order valence-corrected chi connectivity index (χ2v) is 8.04. The van der Waals surface area contributed by atoms with Crippen molar-refractivity contribution in [3.63, 3.8) is 0 Å². The molecule has 0 aromatic heterocycles. The van der Waals surface area contributed by atoms with Crippen LogP contribution in [0.4, 0.5) is 0 Å². The van der Waals surface area contributed by atoms with Crippen molar-refractivity contribution in [3.8, 4) is 5.75 Å². The highest BCUT2D eigenvalue weighted by molar-refractivity contribution is 7.89. The van der Waals surface area contributed by atoms with Gasteiger partial charge < -0.3 is 14.8 Å². The lowest BCUT2D eigenvalue weighted by Crippen LogP contribution is -2.52. The predicted octanol–water partition coefficient (Wildman–Crippen LogP) is 2.05. The largest absolute Gasteiger partial charge is 0.495 e. The molecule has 0 bridgehead atoms. The fourth-order valence-corrected chi connectivity index (χ4v) is 4.63. The first-order valence-corrected chi connectivity index (χ1v) is 9.34. The van der Waals surface area contributed by atoms with Crippen LogP contribution in [-0.4, -0.2) is 47.9 Å². The highest BCUT2D eigenvalue weighted by Gasteiger charge is 2.35. The highest BCUT2D eigenvalue weighted by atomic mass is 35.5. The Balaban J connectivity index is 2.20. The van der Waals surface area contributed by atoms with Gasteiger partial charge in [0, 0.05) is 19.7 Å². The molecule has 1 aliphatic heterocycles. The zero-order valence-corrected chi connectivity index (χ0v) is 15.3. The van der Waals surface area contributed by atoms with E-state index in [-0.39, 0.29) is 21.5 Å². The smallest absolute Gasteiger partial charge is 0.242 e. The van der Waals surface area contributed by atoms with Gasteiger partial charge in [0.05, 0.1) is 29.3 Å². The van der Waals surface area contributed by atoms with Crippen molar-refractivity contribution in [3.05, 3.63) is 22.2 Å². The van der Waals surface area contributed by atoms with Gasteiger partial charge in [0.15, 0.2) is 0 Å². The second-order valence-electron chi connectivity index (χ2n) is 5.49. The Morgan fingerprint density at radius 1 is 1.30 bits per heavy atom. The Morgan fingerprint density at radius 3 is 2.61 bits per heavy atom. The van der Waals surface area contributed by atoms with Crippen molar-refractivity contribution in [1.82, 2.24) is 10.0 Å². The van der Waals surface area contributed by atoms with E-state index in [4.69, 9.17) is 32.7 Å². The van der Waals surface area contributed by atoms with Gasteiger partial charge in [-0.2, -0.15) is 0 Å². The van der Waals surface area contributed by atoms with Crippen LogP contribution in [-0.2, 0) is 14.8 Å². The summed E-state index contributed by atoms with van der Waals surface area (Å²) in [7, 11) is -0.771. The number of halogens is 2. The van der Waals surface area contributed by atoms with Crippen LogP contribution in [0.25, 0.3) is 0 Å². The van der Waals surface area contributed by atoms with Crippen molar-refractivity contribution >= 4 is 33.2 Å². The van der Waals surface area contributed by atoms with Crippen molar-refractivity contribution in [2.75, 3.05) is 33.9 Å². The van der Waals surface area contributed by atoms with Gasteiger partial charge in [0.1, 0.15) is 10.6 Å². The number of benzene rings is 1. The van der Waals surface area contributed by atoms with Gasteiger partial charge in [-0.1, -0.05) is 23.2 Å². The minimum absolute atomic E-state index is 0.0546. The maximum absolute atomic E-state index is 12.5. The van der Waals surface area contributed by atoms with E-state index in [9.17, 15) is 8.42 Å². The topological polar surface area (TPSA) is 76.7 Å². The van der Waals surface area contributed by atoms with Crippen LogP contribution in [0.1, 0.15) is 12.8 Å². The summed E-state index contributed by atoms with van der Waals surface area (Å²) in [6, 6.07) is 2.67. The zero-order valence-electron chi connectivity index (χ0n) is 13.0. The molecule has 1 heterocycles. The summed E-state index contributed by atoms with van der Waals surface area (Å²) in [5, 5.41) is 3.55.